The number of carbonyl (C=O) groups is 2. The molecule has 2 saturated heterocycles. The first-order valence-corrected chi connectivity index (χ1v) is 15.0. The number of likely N-dealkylation sites (tertiary alicyclic amines) is 1. The van der Waals surface area contributed by atoms with Crippen LogP contribution in [0.25, 0.3) is 22.4 Å². The second-order valence-corrected chi connectivity index (χ2v) is 12.7. The van der Waals surface area contributed by atoms with E-state index in [4.69, 9.17) is 4.98 Å². The molecule has 2 fully saturated rings. The lowest BCUT2D eigenvalue weighted by atomic mass is 10.0. The number of aromatic nitrogens is 2. The van der Waals surface area contributed by atoms with Gasteiger partial charge in [0, 0.05) is 49.0 Å². The molecule has 3 aromatic rings. The minimum atomic E-state index is -0.417. The SMILES string of the molecule is CC(C)C1C(=O)Nc2ccc(N3CCC(N(C)C)C3)cc2-c2nc3cc(C(=O)N(C)C4CCN(C)CC4)ccc3n21. The van der Waals surface area contributed by atoms with E-state index in [9.17, 15) is 9.59 Å². The van der Waals surface area contributed by atoms with Crippen molar-refractivity contribution in [3.05, 3.63) is 42.0 Å². The predicted octanol–water partition coefficient (Wildman–Crippen LogP) is 4.16. The molecule has 3 aliphatic heterocycles. The van der Waals surface area contributed by atoms with Gasteiger partial charge in [0.1, 0.15) is 11.9 Å². The van der Waals surface area contributed by atoms with Gasteiger partial charge in [-0.3, -0.25) is 9.59 Å². The lowest BCUT2D eigenvalue weighted by molar-refractivity contribution is -0.120. The first-order valence-electron chi connectivity index (χ1n) is 15.0. The maximum atomic E-state index is 13.6. The lowest BCUT2D eigenvalue weighted by Gasteiger charge is -2.35. The second kappa shape index (κ2) is 10.8. The average Bonchev–Trinajstić information content (AvgIpc) is 3.56. The van der Waals surface area contributed by atoms with Gasteiger partial charge in [0.25, 0.3) is 5.91 Å². The van der Waals surface area contributed by atoms with Gasteiger partial charge >= 0.3 is 0 Å². The van der Waals surface area contributed by atoms with Crippen LogP contribution in [0, 0.1) is 5.92 Å². The fraction of sp³-hybridized carbons (Fsp3) is 0.531. The third-order valence-electron chi connectivity index (χ3n) is 9.43. The van der Waals surface area contributed by atoms with Crippen molar-refractivity contribution in [2.45, 2.75) is 51.2 Å². The van der Waals surface area contributed by atoms with Gasteiger partial charge in [0.05, 0.1) is 16.7 Å². The van der Waals surface area contributed by atoms with Crippen LogP contribution in [0.4, 0.5) is 11.4 Å². The lowest BCUT2D eigenvalue weighted by Crippen LogP contribution is -2.44. The van der Waals surface area contributed by atoms with Gasteiger partial charge in [0.2, 0.25) is 5.91 Å². The van der Waals surface area contributed by atoms with E-state index in [1.165, 1.54) is 0 Å². The molecule has 6 rings (SSSR count). The summed E-state index contributed by atoms with van der Waals surface area (Å²) < 4.78 is 2.09. The summed E-state index contributed by atoms with van der Waals surface area (Å²) in [6.45, 7) is 8.11. The van der Waals surface area contributed by atoms with Crippen molar-refractivity contribution in [2.75, 3.05) is 64.6 Å². The summed E-state index contributed by atoms with van der Waals surface area (Å²) in [5.41, 5.74) is 5.09. The van der Waals surface area contributed by atoms with Crippen LogP contribution in [0.2, 0.25) is 0 Å². The quantitative estimate of drug-likeness (QED) is 0.508. The molecule has 2 unspecified atom stereocenters. The Morgan fingerprint density at radius 2 is 1.73 bits per heavy atom. The molecular weight excluding hydrogens is 514 g/mol. The topological polar surface area (TPSA) is 76.9 Å². The fourth-order valence-corrected chi connectivity index (χ4v) is 6.80. The number of nitrogens with zero attached hydrogens (tertiary/aromatic N) is 6. The summed E-state index contributed by atoms with van der Waals surface area (Å²) in [7, 11) is 8.33. The zero-order chi connectivity index (χ0) is 29.0. The highest BCUT2D eigenvalue weighted by Crippen LogP contribution is 2.41. The van der Waals surface area contributed by atoms with E-state index in [0.717, 1.165) is 79.2 Å². The number of likely N-dealkylation sites (N-methyl/N-ethyl adjacent to an activating group) is 1. The summed E-state index contributed by atoms with van der Waals surface area (Å²) >= 11 is 0. The summed E-state index contributed by atoms with van der Waals surface area (Å²) in [5, 5.41) is 3.19. The van der Waals surface area contributed by atoms with Crippen LogP contribution in [0.3, 0.4) is 0 Å². The van der Waals surface area contributed by atoms with Crippen molar-refractivity contribution in [3.8, 4) is 11.4 Å². The molecule has 0 saturated carbocycles. The van der Waals surface area contributed by atoms with Crippen LogP contribution in [-0.2, 0) is 4.79 Å². The Labute approximate surface area is 243 Å². The van der Waals surface area contributed by atoms with Gasteiger partial charge in [-0.2, -0.15) is 0 Å². The van der Waals surface area contributed by atoms with E-state index in [0.29, 0.717) is 11.6 Å². The van der Waals surface area contributed by atoms with Crippen molar-refractivity contribution < 1.29 is 9.59 Å². The van der Waals surface area contributed by atoms with Crippen molar-refractivity contribution >= 4 is 34.2 Å². The molecule has 4 heterocycles. The first kappa shape index (κ1) is 27.7. The number of imidazole rings is 1. The zero-order valence-corrected chi connectivity index (χ0v) is 25.2. The molecule has 9 nitrogen and oxygen atoms in total. The van der Waals surface area contributed by atoms with Gasteiger partial charge in [-0.1, -0.05) is 13.8 Å². The van der Waals surface area contributed by atoms with Crippen molar-refractivity contribution in [2.24, 2.45) is 5.92 Å². The number of piperidine rings is 1. The van der Waals surface area contributed by atoms with Crippen LogP contribution in [-0.4, -0.2) is 103 Å². The number of amides is 2. The molecular formula is C32H43N7O2. The Kier molecular flexibility index (Phi) is 7.28. The highest BCUT2D eigenvalue weighted by Gasteiger charge is 2.34. The smallest absolute Gasteiger partial charge is 0.253 e. The Balaban J connectivity index is 1.41. The Hall–Kier alpha value is -3.43. The molecule has 0 aliphatic carbocycles. The van der Waals surface area contributed by atoms with E-state index in [2.05, 4.69) is 71.7 Å². The molecule has 2 aromatic carbocycles. The summed E-state index contributed by atoms with van der Waals surface area (Å²) in [4.78, 5) is 41.2. The predicted molar refractivity (Wildman–Crippen MR) is 165 cm³/mol. The molecule has 0 bridgehead atoms. The van der Waals surface area contributed by atoms with E-state index in [-0.39, 0.29) is 23.8 Å². The number of nitrogens with one attached hydrogen (secondary N) is 1. The number of rotatable bonds is 5. The third kappa shape index (κ3) is 4.99. The molecule has 3 aliphatic rings. The molecule has 1 aromatic heterocycles. The van der Waals surface area contributed by atoms with Crippen molar-refractivity contribution in [3.63, 3.8) is 0 Å². The van der Waals surface area contributed by atoms with Gasteiger partial charge in [-0.15, -0.1) is 0 Å². The van der Waals surface area contributed by atoms with Gasteiger partial charge in [-0.25, -0.2) is 4.98 Å². The molecule has 218 valence electrons. The Morgan fingerprint density at radius 1 is 1.00 bits per heavy atom. The maximum absolute atomic E-state index is 13.6. The molecule has 2 atom stereocenters. The normalized spacial score (nSPS) is 21.8. The zero-order valence-electron chi connectivity index (χ0n) is 25.2. The van der Waals surface area contributed by atoms with Gasteiger partial charge < -0.3 is 29.5 Å². The van der Waals surface area contributed by atoms with E-state index in [1.54, 1.807) is 0 Å². The van der Waals surface area contributed by atoms with Crippen molar-refractivity contribution in [1.29, 1.82) is 0 Å². The third-order valence-corrected chi connectivity index (χ3v) is 9.43. The number of benzene rings is 2. The minimum Gasteiger partial charge on any atom is -0.370 e. The van der Waals surface area contributed by atoms with Crippen LogP contribution in [0.1, 0.15) is 49.5 Å². The van der Waals surface area contributed by atoms with Gasteiger partial charge in [-0.05, 0) is 95.8 Å². The van der Waals surface area contributed by atoms with Crippen molar-refractivity contribution in [1.82, 2.24) is 24.3 Å². The monoisotopic (exact) mass is 557 g/mol. The minimum absolute atomic E-state index is 0.0231. The van der Waals surface area contributed by atoms with E-state index in [1.807, 2.05) is 36.2 Å². The highest BCUT2D eigenvalue weighted by atomic mass is 16.2. The largest absolute Gasteiger partial charge is 0.370 e. The summed E-state index contributed by atoms with van der Waals surface area (Å²) in [5.74, 6) is 0.805. The van der Waals surface area contributed by atoms with Gasteiger partial charge in [0.15, 0.2) is 0 Å². The second-order valence-electron chi connectivity index (χ2n) is 12.7. The van der Waals surface area contributed by atoms with E-state index >= 15 is 0 Å². The number of hydrogen-bond donors (Lipinski definition) is 1. The summed E-state index contributed by atoms with van der Waals surface area (Å²) in [6, 6.07) is 12.4. The number of carbonyl (C=O) groups excluding carboxylic acids is 2. The average molecular weight is 558 g/mol. The highest BCUT2D eigenvalue weighted by molar-refractivity contribution is 6.03. The maximum Gasteiger partial charge on any atom is 0.253 e. The molecule has 0 radical (unpaired) electrons. The molecule has 9 heteroatoms. The molecule has 0 spiro atoms. The van der Waals surface area contributed by atoms with Crippen LogP contribution >= 0.6 is 0 Å². The molecule has 41 heavy (non-hydrogen) atoms. The molecule has 2 amide bonds. The fourth-order valence-electron chi connectivity index (χ4n) is 6.80. The van der Waals surface area contributed by atoms with Crippen LogP contribution in [0.15, 0.2) is 36.4 Å². The Morgan fingerprint density at radius 3 is 2.41 bits per heavy atom. The number of hydrogen-bond acceptors (Lipinski definition) is 6. The number of fused-ring (bicyclic) bond motifs is 5. The summed E-state index contributed by atoms with van der Waals surface area (Å²) in [6.07, 6.45) is 3.09. The first-order chi connectivity index (χ1) is 19.6. The van der Waals surface area contributed by atoms with Crippen LogP contribution in [0.5, 0.6) is 0 Å². The number of anilines is 2. The van der Waals surface area contributed by atoms with E-state index < -0.39 is 6.04 Å². The molecule has 1 N–H and O–H groups in total. The Bertz CT molecular complexity index is 1470. The standard InChI is InChI=1S/C32H43N7O2/c1-20(2)29-31(40)34-26-9-8-23(38-16-13-24(19-38)35(3)4)18-25(26)30-33-27-17-21(7-10-28(27)39(29)30)32(41)37(6)22-11-14-36(5)15-12-22/h7-10,17-18,20,22,24,29H,11-16,19H2,1-6H3,(H,34,40). The van der Waals surface area contributed by atoms with Crippen LogP contribution < -0.4 is 10.2 Å².